The van der Waals surface area contributed by atoms with Crippen LogP contribution < -0.4 is 10.1 Å². The van der Waals surface area contributed by atoms with Gasteiger partial charge in [0.1, 0.15) is 5.75 Å². The maximum Gasteiger partial charge on any atom is 0.124 e. The third-order valence-corrected chi connectivity index (χ3v) is 3.57. The smallest absolute Gasteiger partial charge is 0.124 e. The van der Waals surface area contributed by atoms with Gasteiger partial charge in [-0.25, -0.2) is 0 Å². The molecule has 0 saturated carbocycles. The minimum Gasteiger partial charge on any atom is -0.496 e. The fourth-order valence-electron chi connectivity index (χ4n) is 2.31. The summed E-state index contributed by atoms with van der Waals surface area (Å²) in [4.78, 5) is 4.51. The van der Waals surface area contributed by atoms with Crippen molar-refractivity contribution in [3.8, 4) is 5.75 Å². The summed E-state index contributed by atoms with van der Waals surface area (Å²) in [6.07, 6.45) is 2.88. The lowest BCUT2D eigenvalue weighted by atomic mass is 10.0. The molecule has 1 atom stereocenters. The van der Waals surface area contributed by atoms with Crippen LogP contribution >= 0.6 is 11.6 Å². The van der Waals surface area contributed by atoms with E-state index in [4.69, 9.17) is 16.3 Å². The van der Waals surface area contributed by atoms with Crippen LogP contribution in [-0.2, 0) is 0 Å². The first kappa shape index (κ1) is 15.8. The van der Waals surface area contributed by atoms with Crippen molar-refractivity contribution in [2.24, 2.45) is 0 Å². The van der Waals surface area contributed by atoms with E-state index in [1.165, 1.54) is 5.56 Å². The van der Waals surface area contributed by atoms with Crippen LogP contribution in [0.2, 0.25) is 5.02 Å². The van der Waals surface area contributed by atoms with E-state index in [1.54, 1.807) is 7.11 Å². The molecular weight excluding hydrogens is 284 g/mol. The first-order valence-corrected chi connectivity index (χ1v) is 7.53. The zero-order valence-electron chi connectivity index (χ0n) is 12.7. The summed E-state index contributed by atoms with van der Waals surface area (Å²) in [5.74, 6) is 0.816. The van der Waals surface area contributed by atoms with Gasteiger partial charge in [-0.3, -0.25) is 4.98 Å². The van der Waals surface area contributed by atoms with E-state index in [2.05, 4.69) is 30.2 Å². The van der Waals surface area contributed by atoms with Crippen LogP contribution in [0, 0.1) is 6.92 Å². The zero-order chi connectivity index (χ0) is 15.2. The number of rotatable bonds is 6. The molecule has 1 aromatic carbocycles. The Morgan fingerprint density at radius 2 is 2.10 bits per heavy atom. The number of pyridine rings is 1. The molecule has 0 saturated heterocycles. The number of hydrogen-bond acceptors (Lipinski definition) is 3. The van der Waals surface area contributed by atoms with Crippen molar-refractivity contribution >= 4 is 11.6 Å². The Morgan fingerprint density at radius 1 is 1.29 bits per heavy atom. The fourth-order valence-corrected chi connectivity index (χ4v) is 2.49. The summed E-state index contributed by atoms with van der Waals surface area (Å²) >= 11 is 6.17. The van der Waals surface area contributed by atoms with Crippen molar-refractivity contribution in [2.75, 3.05) is 13.7 Å². The lowest BCUT2D eigenvalue weighted by Crippen LogP contribution is -2.24. The summed E-state index contributed by atoms with van der Waals surface area (Å²) in [6, 6.07) is 9.73. The van der Waals surface area contributed by atoms with Crippen molar-refractivity contribution < 1.29 is 4.74 Å². The van der Waals surface area contributed by atoms with E-state index in [9.17, 15) is 0 Å². The van der Waals surface area contributed by atoms with Crippen LogP contribution in [0.5, 0.6) is 5.75 Å². The Bertz CT molecular complexity index is 601. The molecule has 1 heterocycles. The van der Waals surface area contributed by atoms with Gasteiger partial charge in [0.2, 0.25) is 0 Å². The molecule has 1 N–H and O–H groups in total. The summed E-state index contributed by atoms with van der Waals surface area (Å²) in [7, 11) is 1.67. The van der Waals surface area contributed by atoms with E-state index in [0.29, 0.717) is 5.02 Å². The number of nitrogens with zero attached hydrogens (tertiary/aromatic N) is 1. The van der Waals surface area contributed by atoms with Gasteiger partial charge in [0, 0.05) is 16.8 Å². The molecule has 21 heavy (non-hydrogen) atoms. The van der Waals surface area contributed by atoms with Crippen LogP contribution in [-0.4, -0.2) is 18.6 Å². The fraction of sp³-hybridized carbons (Fsp3) is 0.353. The Labute approximate surface area is 131 Å². The van der Waals surface area contributed by atoms with Gasteiger partial charge in [0.25, 0.3) is 0 Å². The lowest BCUT2D eigenvalue weighted by molar-refractivity contribution is 0.403. The third kappa shape index (κ3) is 3.96. The van der Waals surface area contributed by atoms with Crippen molar-refractivity contribution in [3.05, 3.63) is 58.4 Å². The van der Waals surface area contributed by atoms with Crippen molar-refractivity contribution in [2.45, 2.75) is 26.3 Å². The first-order valence-electron chi connectivity index (χ1n) is 7.15. The van der Waals surface area contributed by atoms with E-state index in [-0.39, 0.29) is 6.04 Å². The second-order valence-electron chi connectivity index (χ2n) is 5.03. The molecule has 1 unspecified atom stereocenters. The largest absolute Gasteiger partial charge is 0.496 e. The van der Waals surface area contributed by atoms with Crippen molar-refractivity contribution in [1.29, 1.82) is 0 Å². The molecule has 4 heteroatoms. The third-order valence-electron chi connectivity index (χ3n) is 3.33. The highest BCUT2D eigenvalue weighted by atomic mass is 35.5. The Morgan fingerprint density at radius 3 is 2.76 bits per heavy atom. The highest BCUT2D eigenvalue weighted by Crippen LogP contribution is 2.31. The SMILES string of the molecule is CCCNC(c1cc(C)ccn1)c1cc(Cl)ccc1OC. The predicted octanol–water partition coefficient (Wildman–Crippen LogP) is 4.14. The molecule has 0 fully saturated rings. The van der Waals surface area contributed by atoms with Crippen LogP contribution in [0.4, 0.5) is 0 Å². The normalized spacial score (nSPS) is 12.2. The van der Waals surface area contributed by atoms with Crippen molar-refractivity contribution in [1.82, 2.24) is 10.3 Å². The number of ether oxygens (including phenoxy) is 1. The predicted molar refractivity (Wildman–Crippen MR) is 87.1 cm³/mol. The van der Waals surface area contributed by atoms with Crippen LogP contribution in [0.25, 0.3) is 0 Å². The Kier molecular flexibility index (Phi) is 5.59. The second-order valence-corrected chi connectivity index (χ2v) is 5.47. The lowest BCUT2D eigenvalue weighted by Gasteiger charge is -2.21. The molecule has 0 radical (unpaired) electrons. The summed E-state index contributed by atoms with van der Waals surface area (Å²) in [5, 5.41) is 4.23. The van der Waals surface area contributed by atoms with Gasteiger partial charge < -0.3 is 10.1 Å². The first-order chi connectivity index (χ1) is 10.2. The van der Waals surface area contributed by atoms with Gasteiger partial charge in [0.15, 0.2) is 0 Å². The van der Waals surface area contributed by atoms with E-state index in [1.807, 2.05) is 30.5 Å². The van der Waals surface area contributed by atoms with Gasteiger partial charge in [0.05, 0.1) is 18.8 Å². The molecule has 0 spiro atoms. The number of aryl methyl sites for hydroxylation is 1. The van der Waals surface area contributed by atoms with Gasteiger partial charge >= 0.3 is 0 Å². The minimum atomic E-state index is -0.0292. The molecule has 1 aromatic heterocycles. The minimum absolute atomic E-state index is 0.0292. The molecule has 2 rings (SSSR count). The quantitative estimate of drug-likeness (QED) is 0.871. The van der Waals surface area contributed by atoms with Gasteiger partial charge in [-0.15, -0.1) is 0 Å². The van der Waals surface area contributed by atoms with Gasteiger partial charge in [-0.1, -0.05) is 18.5 Å². The highest BCUT2D eigenvalue weighted by Gasteiger charge is 2.19. The van der Waals surface area contributed by atoms with Crippen LogP contribution in [0.3, 0.4) is 0 Å². The van der Waals surface area contributed by atoms with Crippen LogP contribution in [0.1, 0.15) is 36.2 Å². The highest BCUT2D eigenvalue weighted by molar-refractivity contribution is 6.30. The van der Waals surface area contributed by atoms with E-state index in [0.717, 1.165) is 30.0 Å². The number of methoxy groups -OCH3 is 1. The zero-order valence-corrected chi connectivity index (χ0v) is 13.4. The second kappa shape index (κ2) is 7.43. The molecular formula is C17H21ClN2O. The Hall–Kier alpha value is -1.58. The number of benzene rings is 1. The molecule has 0 aliphatic carbocycles. The number of hydrogen-bond donors (Lipinski definition) is 1. The molecule has 0 aliphatic rings. The molecule has 0 amide bonds. The maximum absolute atomic E-state index is 6.17. The molecule has 0 bridgehead atoms. The number of aromatic nitrogens is 1. The summed E-state index contributed by atoms with van der Waals surface area (Å²) in [6.45, 7) is 5.11. The van der Waals surface area contributed by atoms with Gasteiger partial charge in [-0.2, -0.15) is 0 Å². The van der Waals surface area contributed by atoms with Crippen molar-refractivity contribution in [3.63, 3.8) is 0 Å². The molecule has 112 valence electrons. The van der Waals surface area contributed by atoms with Gasteiger partial charge in [-0.05, 0) is 55.8 Å². The average Bonchev–Trinajstić information content (AvgIpc) is 2.48. The molecule has 0 aliphatic heterocycles. The maximum atomic E-state index is 6.17. The summed E-state index contributed by atoms with van der Waals surface area (Å²) < 4.78 is 5.49. The van der Waals surface area contributed by atoms with E-state index >= 15 is 0 Å². The Balaban J connectivity index is 2.47. The monoisotopic (exact) mass is 304 g/mol. The topological polar surface area (TPSA) is 34.2 Å². The number of halogens is 1. The standard InChI is InChI=1S/C17H21ClN2O/c1-4-8-20-17(15-10-12(2)7-9-19-15)14-11-13(18)5-6-16(14)21-3/h5-7,9-11,17,20H,4,8H2,1-3H3. The molecule has 2 aromatic rings. The number of nitrogens with one attached hydrogen (secondary N) is 1. The van der Waals surface area contributed by atoms with Crippen LogP contribution in [0.15, 0.2) is 36.5 Å². The molecule has 3 nitrogen and oxygen atoms in total. The average molecular weight is 305 g/mol. The van der Waals surface area contributed by atoms with E-state index < -0.39 is 0 Å². The summed E-state index contributed by atoms with van der Waals surface area (Å²) in [5.41, 5.74) is 3.17.